The predicted molar refractivity (Wildman–Crippen MR) is 72.5 cm³/mol. The molecule has 106 valence electrons. The summed E-state index contributed by atoms with van der Waals surface area (Å²) in [5.74, 6) is 1.31. The number of amides is 1. The van der Waals surface area contributed by atoms with E-state index in [1.165, 1.54) is 32.1 Å². The van der Waals surface area contributed by atoms with Gasteiger partial charge in [0.25, 0.3) is 0 Å². The molecule has 1 aromatic rings. The topological polar surface area (TPSA) is 62.5 Å². The Bertz CT molecular complexity index is 369. The number of furan rings is 1. The lowest BCUT2D eigenvalue weighted by Gasteiger charge is -2.21. The standard InChI is InChI=1S/C15H23NO3/c17-11-13(14-7-4-10-19-14)16-15(18)9-8-12-5-2-1-3-6-12/h4,7,10,12-13,17H,1-3,5-6,8-9,11H2,(H,16,18). The van der Waals surface area contributed by atoms with E-state index in [4.69, 9.17) is 4.42 Å². The van der Waals surface area contributed by atoms with Crippen LogP contribution in [0.5, 0.6) is 0 Å². The molecule has 1 saturated carbocycles. The quantitative estimate of drug-likeness (QED) is 0.831. The maximum absolute atomic E-state index is 11.9. The number of aliphatic hydroxyl groups is 1. The van der Waals surface area contributed by atoms with Crippen molar-refractivity contribution in [2.75, 3.05) is 6.61 Å². The predicted octanol–water partition coefficient (Wildman–Crippen LogP) is 2.79. The molecule has 0 spiro atoms. The van der Waals surface area contributed by atoms with Crippen LogP contribution >= 0.6 is 0 Å². The van der Waals surface area contributed by atoms with Crippen LogP contribution in [0.25, 0.3) is 0 Å². The first-order valence-electron chi connectivity index (χ1n) is 7.23. The molecule has 0 bridgehead atoms. The van der Waals surface area contributed by atoms with Gasteiger partial charge in [0.1, 0.15) is 11.8 Å². The summed E-state index contributed by atoms with van der Waals surface area (Å²) in [7, 11) is 0. The summed E-state index contributed by atoms with van der Waals surface area (Å²) >= 11 is 0. The second-order valence-electron chi connectivity index (χ2n) is 5.36. The Morgan fingerprint density at radius 2 is 2.21 bits per heavy atom. The Balaban J connectivity index is 1.73. The summed E-state index contributed by atoms with van der Waals surface area (Å²) in [5, 5.41) is 12.1. The lowest BCUT2D eigenvalue weighted by Crippen LogP contribution is -2.30. The van der Waals surface area contributed by atoms with Crippen LogP contribution in [0.3, 0.4) is 0 Å². The maximum atomic E-state index is 11.9. The van der Waals surface area contributed by atoms with Crippen LogP contribution in [0.1, 0.15) is 56.7 Å². The van der Waals surface area contributed by atoms with Gasteiger partial charge in [-0.15, -0.1) is 0 Å². The molecule has 1 aliphatic carbocycles. The third kappa shape index (κ3) is 4.39. The number of nitrogens with one attached hydrogen (secondary N) is 1. The Labute approximate surface area is 114 Å². The maximum Gasteiger partial charge on any atom is 0.220 e. The van der Waals surface area contributed by atoms with Crippen LogP contribution in [0.15, 0.2) is 22.8 Å². The Kier molecular flexibility index (Phi) is 5.45. The Morgan fingerprint density at radius 3 is 2.84 bits per heavy atom. The Hall–Kier alpha value is -1.29. The molecule has 1 aromatic heterocycles. The molecule has 1 amide bonds. The van der Waals surface area contributed by atoms with Crippen LogP contribution in [0, 0.1) is 5.92 Å². The fraction of sp³-hybridized carbons (Fsp3) is 0.667. The van der Waals surface area contributed by atoms with Gasteiger partial charge in [-0.25, -0.2) is 0 Å². The second kappa shape index (κ2) is 7.34. The van der Waals surface area contributed by atoms with Crippen molar-refractivity contribution in [2.45, 2.75) is 51.0 Å². The summed E-state index contributed by atoms with van der Waals surface area (Å²) in [6.45, 7) is -0.136. The van der Waals surface area contributed by atoms with Crippen molar-refractivity contribution in [3.63, 3.8) is 0 Å². The van der Waals surface area contributed by atoms with Gasteiger partial charge in [0.2, 0.25) is 5.91 Å². The average molecular weight is 265 g/mol. The normalized spacial score (nSPS) is 18.2. The fourth-order valence-electron chi connectivity index (χ4n) is 2.77. The summed E-state index contributed by atoms with van der Waals surface area (Å²) in [6.07, 6.45) is 9.52. The third-order valence-corrected chi connectivity index (χ3v) is 3.91. The molecule has 4 heteroatoms. The molecule has 0 radical (unpaired) electrons. The van der Waals surface area contributed by atoms with E-state index in [0.29, 0.717) is 18.1 Å². The van der Waals surface area contributed by atoms with E-state index in [-0.39, 0.29) is 12.5 Å². The number of hydrogen-bond acceptors (Lipinski definition) is 3. The van der Waals surface area contributed by atoms with Crippen molar-refractivity contribution >= 4 is 5.91 Å². The second-order valence-corrected chi connectivity index (χ2v) is 5.36. The van der Waals surface area contributed by atoms with Gasteiger partial charge in [0.05, 0.1) is 12.9 Å². The lowest BCUT2D eigenvalue weighted by molar-refractivity contribution is -0.122. The molecule has 4 nitrogen and oxygen atoms in total. The van der Waals surface area contributed by atoms with Gasteiger partial charge in [-0.1, -0.05) is 32.1 Å². The minimum Gasteiger partial charge on any atom is -0.467 e. The number of carbonyl (C=O) groups is 1. The summed E-state index contributed by atoms with van der Waals surface area (Å²) in [5.41, 5.74) is 0. The SMILES string of the molecule is O=C(CCC1CCCCC1)NC(CO)c1ccco1. The zero-order valence-electron chi connectivity index (χ0n) is 11.3. The van der Waals surface area contributed by atoms with Gasteiger partial charge < -0.3 is 14.8 Å². The molecule has 1 aliphatic rings. The molecule has 0 aliphatic heterocycles. The monoisotopic (exact) mass is 265 g/mol. The van der Waals surface area contributed by atoms with Crippen LogP contribution in [-0.2, 0) is 4.79 Å². The summed E-state index contributed by atoms with van der Waals surface area (Å²) in [4.78, 5) is 11.9. The van der Waals surface area contributed by atoms with E-state index < -0.39 is 6.04 Å². The lowest BCUT2D eigenvalue weighted by atomic mass is 9.86. The van der Waals surface area contributed by atoms with Crippen molar-refractivity contribution in [1.82, 2.24) is 5.32 Å². The van der Waals surface area contributed by atoms with Crippen molar-refractivity contribution < 1.29 is 14.3 Å². The highest BCUT2D eigenvalue weighted by Crippen LogP contribution is 2.27. The van der Waals surface area contributed by atoms with Crippen LogP contribution in [0.2, 0.25) is 0 Å². The Morgan fingerprint density at radius 1 is 1.42 bits per heavy atom. The molecule has 19 heavy (non-hydrogen) atoms. The first-order valence-corrected chi connectivity index (χ1v) is 7.23. The number of rotatable bonds is 6. The molecular weight excluding hydrogens is 242 g/mol. The van der Waals surface area contributed by atoms with Crippen LogP contribution in [-0.4, -0.2) is 17.6 Å². The zero-order chi connectivity index (χ0) is 13.5. The van der Waals surface area contributed by atoms with E-state index in [0.717, 1.165) is 6.42 Å². The highest BCUT2D eigenvalue weighted by Gasteiger charge is 2.18. The van der Waals surface area contributed by atoms with E-state index in [1.807, 2.05) is 0 Å². The highest BCUT2D eigenvalue weighted by atomic mass is 16.3. The molecular formula is C15H23NO3. The first kappa shape index (κ1) is 14.1. The van der Waals surface area contributed by atoms with Crippen molar-refractivity contribution in [3.8, 4) is 0 Å². The van der Waals surface area contributed by atoms with E-state index in [1.54, 1.807) is 18.4 Å². The molecule has 2 rings (SSSR count). The summed E-state index contributed by atoms with van der Waals surface area (Å²) < 4.78 is 5.21. The van der Waals surface area contributed by atoms with Gasteiger partial charge in [-0.3, -0.25) is 4.79 Å². The van der Waals surface area contributed by atoms with Gasteiger partial charge in [-0.05, 0) is 24.5 Å². The molecule has 1 heterocycles. The van der Waals surface area contributed by atoms with Gasteiger partial charge in [0, 0.05) is 6.42 Å². The highest BCUT2D eigenvalue weighted by molar-refractivity contribution is 5.76. The zero-order valence-corrected chi connectivity index (χ0v) is 11.3. The van der Waals surface area contributed by atoms with Gasteiger partial charge in [0.15, 0.2) is 0 Å². The van der Waals surface area contributed by atoms with Gasteiger partial charge in [-0.2, -0.15) is 0 Å². The van der Waals surface area contributed by atoms with Gasteiger partial charge >= 0.3 is 0 Å². The molecule has 2 N–H and O–H groups in total. The number of aliphatic hydroxyl groups excluding tert-OH is 1. The average Bonchev–Trinajstić information content (AvgIpc) is 2.97. The smallest absolute Gasteiger partial charge is 0.220 e. The van der Waals surface area contributed by atoms with E-state index >= 15 is 0 Å². The largest absolute Gasteiger partial charge is 0.467 e. The molecule has 1 unspecified atom stereocenters. The minimum atomic E-state index is -0.422. The molecule has 0 aromatic carbocycles. The molecule has 1 fully saturated rings. The third-order valence-electron chi connectivity index (χ3n) is 3.91. The van der Waals surface area contributed by atoms with Crippen LogP contribution < -0.4 is 5.32 Å². The first-order chi connectivity index (χ1) is 9.29. The van der Waals surface area contributed by atoms with E-state index in [2.05, 4.69) is 5.32 Å². The minimum absolute atomic E-state index is 0.000948. The molecule has 0 saturated heterocycles. The summed E-state index contributed by atoms with van der Waals surface area (Å²) in [6, 6.07) is 3.10. The molecule has 1 atom stereocenters. The van der Waals surface area contributed by atoms with Crippen molar-refractivity contribution in [3.05, 3.63) is 24.2 Å². The van der Waals surface area contributed by atoms with Crippen LogP contribution in [0.4, 0.5) is 0 Å². The van der Waals surface area contributed by atoms with Crippen molar-refractivity contribution in [2.24, 2.45) is 5.92 Å². The van der Waals surface area contributed by atoms with Crippen molar-refractivity contribution in [1.29, 1.82) is 0 Å². The van der Waals surface area contributed by atoms with E-state index in [9.17, 15) is 9.90 Å². The number of carbonyl (C=O) groups excluding carboxylic acids is 1. The fourth-order valence-corrected chi connectivity index (χ4v) is 2.77. The number of hydrogen-bond donors (Lipinski definition) is 2.